The third-order valence-corrected chi connectivity index (χ3v) is 4.99. The molecule has 2 heterocycles. The number of hydrogen-bond donors (Lipinski definition) is 1. The van der Waals surface area contributed by atoms with Crippen LogP contribution in [0.3, 0.4) is 0 Å². The summed E-state index contributed by atoms with van der Waals surface area (Å²) < 4.78 is 22.1. The molecule has 9 nitrogen and oxygen atoms in total. The lowest BCUT2D eigenvalue weighted by atomic mass is 10.2. The first-order valence-corrected chi connectivity index (χ1v) is 10.3. The fourth-order valence-electron chi connectivity index (χ4n) is 3.36. The van der Waals surface area contributed by atoms with E-state index in [-0.39, 0.29) is 69.7 Å². The average molecular weight is 464 g/mol. The summed E-state index contributed by atoms with van der Waals surface area (Å²) in [6.07, 6.45) is -1.11. The predicted octanol–water partition coefficient (Wildman–Crippen LogP) is 3.12. The van der Waals surface area contributed by atoms with Gasteiger partial charge in [-0.2, -0.15) is 0 Å². The number of carbonyl (C=O) groups is 2. The topological polar surface area (TPSA) is 133 Å². The maximum Gasteiger partial charge on any atom is 0.197 e. The lowest BCUT2D eigenvalue weighted by molar-refractivity contribution is 0.0636. The highest BCUT2D eigenvalue weighted by Gasteiger charge is 2.16. The summed E-state index contributed by atoms with van der Waals surface area (Å²) in [5, 5.41) is 10.6. The fraction of sp³-hybridized carbons (Fsp3) is 0.200. The summed E-state index contributed by atoms with van der Waals surface area (Å²) in [6.45, 7) is 2.15. The number of ether oxygens (including phenoxy) is 2. The van der Waals surface area contributed by atoms with Gasteiger partial charge in [0.1, 0.15) is 52.8 Å². The SMILES string of the molecule is CC(=O)c1cc(=O)c2c(OCC(O)COc3cccc4oc(C(C)=O)cc(=O)c34)cccc2o1. The third-order valence-electron chi connectivity index (χ3n) is 4.99. The van der Waals surface area contributed by atoms with E-state index in [4.69, 9.17) is 18.3 Å². The molecule has 0 bridgehead atoms. The van der Waals surface area contributed by atoms with Crippen LogP contribution in [0.5, 0.6) is 11.5 Å². The Morgan fingerprint density at radius 3 is 1.59 bits per heavy atom. The summed E-state index contributed by atoms with van der Waals surface area (Å²) in [5.74, 6) is -0.502. The summed E-state index contributed by atoms with van der Waals surface area (Å²) >= 11 is 0. The highest BCUT2D eigenvalue weighted by Crippen LogP contribution is 2.25. The van der Waals surface area contributed by atoms with E-state index in [1.54, 1.807) is 36.4 Å². The van der Waals surface area contributed by atoms with Gasteiger partial charge in [-0.15, -0.1) is 0 Å². The van der Waals surface area contributed by atoms with E-state index in [1.165, 1.54) is 13.8 Å². The van der Waals surface area contributed by atoms with Crippen LogP contribution >= 0.6 is 0 Å². The first kappa shape index (κ1) is 22.9. The molecule has 34 heavy (non-hydrogen) atoms. The first-order valence-electron chi connectivity index (χ1n) is 10.3. The molecule has 0 aliphatic carbocycles. The number of hydrogen-bond acceptors (Lipinski definition) is 9. The molecule has 0 unspecified atom stereocenters. The number of carbonyl (C=O) groups excluding carboxylic acids is 2. The molecule has 0 radical (unpaired) electrons. The van der Waals surface area contributed by atoms with E-state index in [0.29, 0.717) is 0 Å². The van der Waals surface area contributed by atoms with Crippen molar-refractivity contribution >= 4 is 33.5 Å². The molecule has 2 aromatic carbocycles. The molecule has 0 spiro atoms. The Labute approximate surface area is 192 Å². The van der Waals surface area contributed by atoms with E-state index in [9.17, 15) is 24.3 Å². The monoisotopic (exact) mass is 464 g/mol. The van der Waals surface area contributed by atoms with Crippen molar-refractivity contribution in [3.8, 4) is 11.5 Å². The molecule has 0 atom stereocenters. The second-order valence-corrected chi connectivity index (χ2v) is 7.60. The van der Waals surface area contributed by atoms with Crippen molar-refractivity contribution in [1.82, 2.24) is 0 Å². The van der Waals surface area contributed by atoms with Gasteiger partial charge in [0, 0.05) is 26.0 Å². The van der Waals surface area contributed by atoms with Crippen molar-refractivity contribution in [3.63, 3.8) is 0 Å². The Bertz CT molecular complexity index is 1410. The minimum absolute atomic E-state index is 0.0573. The average Bonchev–Trinajstić information content (AvgIpc) is 2.80. The van der Waals surface area contributed by atoms with E-state index in [2.05, 4.69) is 0 Å². The van der Waals surface area contributed by atoms with Gasteiger partial charge in [0.2, 0.25) is 0 Å². The highest BCUT2D eigenvalue weighted by atomic mass is 16.5. The normalized spacial score (nSPS) is 11.2. The van der Waals surface area contributed by atoms with Gasteiger partial charge in [0.15, 0.2) is 33.9 Å². The number of Topliss-reactive ketones (excluding diaryl/α,β-unsaturated/α-hetero) is 2. The number of aliphatic hydroxyl groups excluding tert-OH is 1. The van der Waals surface area contributed by atoms with Gasteiger partial charge >= 0.3 is 0 Å². The van der Waals surface area contributed by atoms with Gasteiger partial charge in [-0.25, -0.2) is 0 Å². The van der Waals surface area contributed by atoms with Crippen LogP contribution in [0.2, 0.25) is 0 Å². The van der Waals surface area contributed by atoms with Crippen LogP contribution < -0.4 is 20.3 Å². The number of fused-ring (bicyclic) bond motifs is 2. The minimum Gasteiger partial charge on any atom is -0.490 e. The van der Waals surface area contributed by atoms with E-state index in [0.717, 1.165) is 12.1 Å². The molecule has 2 aromatic heterocycles. The van der Waals surface area contributed by atoms with Crippen LogP contribution in [-0.4, -0.2) is 36.0 Å². The molecule has 1 N–H and O–H groups in total. The zero-order chi connectivity index (χ0) is 24.4. The smallest absolute Gasteiger partial charge is 0.197 e. The van der Waals surface area contributed by atoms with Crippen LogP contribution in [0.25, 0.3) is 21.9 Å². The van der Waals surface area contributed by atoms with Crippen LogP contribution in [-0.2, 0) is 0 Å². The largest absolute Gasteiger partial charge is 0.490 e. The number of rotatable bonds is 8. The van der Waals surface area contributed by atoms with Crippen LogP contribution in [0.15, 0.2) is 67.0 Å². The van der Waals surface area contributed by atoms with Gasteiger partial charge in [-0.3, -0.25) is 19.2 Å². The molecule has 4 rings (SSSR count). The standard InChI is InChI=1S/C25H20O9/c1-13(26)22-9-16(29)24-18(5-3-7-20(24)33-22)31-11-15(28)12-32-19-6-4-8-21-25(19)17(30)10-23(34-21)14(2)27/h3-10,15,28H,11-12H2,1-2H3. The maximum atomic E-state index is 12.5. The van der Waals surface area contributed by atoms with Gasteiger partial charge in [0.05, 0.1) is 0 Å². The first-order chi connectivity index (χ1) is 16.2. The van der Waals surface area contributed by atoms with Crippen molar-refractivity contribution < 1.29 is 33.0 Å². The van der Waals surface area contributed by atoms with Crippen molar-refractivity contribution in [2.45, 2.75) is 20.0 Å². The summed E-state index contributed by atoms with van der Waals surface area (Å²) in [6, 6.07) is 11.6. The van der Waals surface area contributed by atoms with Gasteiger partial charge in [0.25, 0.3) is 0 Å². The summed E-state index contributed by atoms with van der Waals surface area (Å²) in [4.78, 5) is 48.0. The molecule has 0 saturated heterocycles. The van der Waals surface area contributed by atoms with E-state index in [1.807, 2.05) is 0 Å². The Morgan fingerprint density at radius 2 is 1.21 bits per heavy atom. The molecule has 0 fully saturated rings. The van der Waals surface area contributed by atoms with Crippen LogP contribution in [0.1, 0.15) is 35.0 Å². The Morgan fingerprint density at radius 1 is 0.794 bits per heavy atom. The second-order valence-electron chi connectivity index (χ2n) is 7.60. The van der Waals surface area contributed by atoms with Crippen molar-refractivity contribution in [3.05, 3.63) is 80.5 Å². The van der Waals surface area contributed by atoms with Crippen molar-refractivity contribution in [2.24, 2.45) is 0 Å². The third kappa shape index (κ3) is 4.60. The quantitative estimate of drug-likeness (QED) is 0.390. The molecule has 174 valence electrons. The predicted molar refractivity (Wildman–Crippen MR) is 122 cm³/mol. The van der Waals surface area contributed by atoms with Crippen molar-refractivity contribution in [2.75, 3.05) is 13.2 Å². The molecule has 4 aromatic rings. The molecule has 0 saturated carbocycles. The van der Waals surface area contributed by atoms with E-state index >= 15 is 0 Å². The molecule has 0 aliphatic heterocycles. The fourth-order valence-corrected chi connectivity index (χ4v) is 3.36. The number of ketones is 2. The Hall–Kier alpha value is -4.24. The second kappa shape index (κ2) is 9.32. The number of benzene rings is 2. The minimum atomic E-state index is -1.11. The number of aliphatic hydroxyl groups is 1. The lowest BCUT2D eigenvalue weighted by Crippen LogP contribution is -2.25. The summed E-state index contributed by atoms with van der Waals surface area (Å²) in [5.41, 5.74) is -0.512. The highest BCUT2D eigenvalue weighted by molar-refractivity contribution is 5.94. The maximum absolute atomic E-state index is 12.5. The molecule has 0 aliphatic rings. The molecular formula is C25H20O9. The van der Waals surface area contributed by atoms with Crippen LogP contribution in [0, 0.1) is 0 Å². The zero-order valence-corrected chi connectivity index (χ0v) is 18.3. The zero-order valence-electron chi connectivity index (χ0n) is 18.3. The van der Waals surface area contributed by atoms with Crippen molar-refractivity contribution in [1.29, 1.82) is 0 Å². The van der Waals surface area contributed by atoms with Gasteiger partial charge < -0.3 is 23.4 Å². The Balaban J connectivity index is 1.49. The molecule has 9 heteroatoms. The lowest BCUT2D eigenvalue weighted by Gasteiger charge is -2.15. The molecular weight excluding hydrogens is 444 g/mol. The van der Waals surface area contributed by atoms with Gasteiger partial charge in [-0.1, -0.05) is 12.1 Å². The van der Waals surface area contributed by atoms with E-state index < -0.39 is 17.0 Å². The molecule has 0 amide bonds. The van der Waals surface area contributed by atoms with Crippen LogP contribution in [0.4, 0.5) is 0 Å². The summed E-state index contributed by atoms with van der Waals surface area (Å²) in [7, 11) is 0. The Kier molecular flexibility index (Phi) is 6.29. The van der Waals surface area contributed by atoms with Gasteiger partial charge in [-0.05, 0) is 24.3 Å².